The first-order valence-corrected chi connectivity index (χ1v) is 18.8. The van der Waals surface area contributed by atoms with Crippen LogP contribution < -0.4 is 4.90 Å². The zero-order valence-electron chi connectivity index (χ0n) is 34.3. The summed E-state index contributed by atoms with van der Waals surface area (Å²) in [6.07, 6.45) is 0. The molecular weight excluding hydrogens is 679 g/mol. The van der Waals surface area contributed by atoms with E-state index < -0.39 is 0 Å². The molecule has 0 bridgehead atoms. The van der Waals surface area contributed by atoms with Crippen molar-refractivity contribution in [1.29, 1.82) is 0 Å². The monoisotopic (exact) mass is 717 g/mol. The van der Waals surface area contributed by atoms with Gasteiger partial charge < -0.3 is 9.32 Å². The van der Waals surface area contributed by atoms with Crippen molar-refractivity contribution >= 4 is 71.3 Å². The molecule has 56 heavy (non-hydrogen) atoms. The molecule has 0 fully saturated rings. The molecule has 0 amide bonds. The Hall–Kier alpha value is -7.42. The number of hydrogen-bond donors (Lipinski definition) is 0. The quantitative estimate of drug-likeness (QED) is 0.170. The molecule has 0 saturated carbocycles. The van der Waals surface area contributed by atoms with Gasteiger partial charge in [-0.2, -0.15) is 0 Å². The van der Waals surface area contributed by atoms with Crippen molar-refractivity contribution in [2.75, 3.05) is 4.90 Å². The fourth-order valence-electron chi connectivity index (χ4n) is 8.19. The van der Waals surface area contributed by atoms with Crippen LogP contribution in [0.15, 0.2) is 217 Å². The smallest absolute Gasteiger partial charge is 0.143 e. The first-order chi connectivity index (χ1) is 29.4. The topological polar surface area (TPSA) is 16.4 Å². The van der Waals surface area contributed by atoms with Crippen molar-refractivity contribution in [2.24, 2.45) is 0 Å². The second kappa shape index (κ2) is 13.2. The lowest BCUT2D eigenvalue weighted by Gasteiger charge is -2.28. The molecular formula is C54H35NO. The van der Waals surface area contributed by atoms with Gasteiger partial charge in [-0.15, -0.1) is 0 Å². The van der Waals surface area contributed by atoms with Gasteiger partial charge in [0.05, 0.1) is 11.2 Å². The van der Waals surface area contributed by atoms with Crippen LogP contribution in [0.3, 0.4) is 0 Å². The number of hydrogen-bond acceptors (Lipinski definition) is 2. The maximum absolute atomic E-state index is 9.72. The van der Waals surface area contributed by atoms with E-state index in [2.05, 4.69) is 72.8 Å². The van der Waals surface area contributed by atoms with Gasteiger partial charge in [0, 0.05) is 38.7 Å². The predicted molar refractivity (Wildman–Crippen MR) is 237 cm³/mol. The number of anilines is 3. The lowest BCUT2D eigenvalue weighted by Crippen LogP contribution is -2.11. The van der Waals surface area contributed by atoms with Crippen molar-refractivity contribution in [2.45, 2.75) is 0 Å². The molecule has 0 aliphatic rings. The summed E-state index contributed by atoms with van der Waals surface area (Å²) in [4.78, 5) is 1.88. The molecule has 0 unspecified atom stereocenters. The molecule has 2 nitrogen and oxygen atoms in total. The van der Waals surface area contributed by atoms with E-state index in [4.69, 9.17) is 4.42 Å². The summed E-state index contributed by atoms with van der Waals surface area (Å²) in [5.41, 5.74) is 7.76. The Morgan fingerprint density at radius 1 is 0.339 bits per heavy atom. The molecule has 10 aromatic carbocycles. The van der Waals surface area contributed by atoms with E-state index in [1.807, 2.05) is 120 Å². The third kappa shape index (κ3) is 5.34. The fraction of sp³-hybridized carbons (Fsp3) is 0. The van der Waals surface area contributed by atoms with E-state index in [-0.39, 0.29) is 35.4 Å². The van der Waals surface area contributed by atoms with Crippen LogP contribution in [0.1, 0.15) is 5.48 Å². The molecule has 0 spiro atoms. The van der Waals surface area contributed by atoms with Gasteiger partial charge in [0.2, 0.25) is 0 Å². The van der Waals surface area contributed by atoms with E-state index in [1.165, 1.54) is 5.39 Å². The normalized spacial score (nSPS) is 12.6. The summed E-state index contributed by atoms with van der Waals surface area (Å²) in [7, 11) is 0. The number of fused-ring (bicyclic) bond motifs is 7. The van der Waals surface area contributed by atoms with Crippen molar-refractivity contribution in [3.05, 3.63) is 212 Å². The van der Waals surface area contributed by atoms with Gasteiger partial charge in [0.25, 0.3) is 0 Å². The van der Waals surface area contributed by atoms with Gasteiger partial charge in [0.15, 0.2) is 0 Å². The van der Waals surface area contributed by atoms with Crippen LogP contribution in [-0.2, 0) is 0 Å². The van der Waals surface area contributed by atoms with E-state index in [0.717, 1.165) is 71.1 Å². The SMILES string of the molecule is [2H]c1c([2H])c(N(c2ccc(-c3ccc4ccccc4c3)cc2)c2ccccc2-c2cccc3c2oc2c4ccccc4ccc32)c([2H])c([2H])c1-c1cccc2ccccc12. The minimum atomic E-state index is -0.138. The Bertz CT molecular complexity index is 3460. The molecule has 11 rings (SSSR count). The largest absolute Gasteiger partial charge is 0.455 e. The number of benzene rings is 10. The first-order valence-electron chi connectivity index (χ1n) is 20.8. The minimum absolute atomic E-state index is 0.108. The molecule has 262 valence electrons. The molecule has 2 heteroatoms. The highest BCUT2D eigenvalue weighted by Crippen LogP contribution is 2.45. The van der Waals surface area contributed by atoms with Crippen LogP contribution in [0.25, 0.3) is 87.6 Å². The van der Waals surface area contributed by atoms with E-state index >= 15 is 0 Å². The predicted octanol–water partition coefficient (Wildman–Crippen LogP) is 15.5. The first kappa shape index (κ1) is 28.1. The Balaban J connectivity index is 1.14. The van der Waals surface area contributed by atoms with Crippen molar-refractivity contribution < 1.29 is 9.90 Å². The molecule has 11 aromatic rings. The lowest BCUT2D eigenvalue weighted by molar-refractivity contribution is 0.674. The zero-order valence-corrected chi connectivity index (χ0v) is 30.3. The van der Waals surface area contributed by atoms with Gasteiger partial charge in [-0.25, -0.2) is 0 Å². The van der Waals surface area contributed by atoms with Gasteiger partial charge in [-0.05, 0) is 91.6 Å². The highest BCUT2D eigenvalue weighted by Gasteiger charge is 2.21. The third-order valence-corrected chi connectivity index (χ3v) is 10.9. The molecule has 0 aliphatic heterocycles. The maximum atomic E-state index is 9.72. The Morgan fingerprint density at radius 2 is 0.911 bits per heavy atom. The zero-order chi connectivity index (χ0) is 40.5. The van der Waals surface area contributed by atoms with Crippen molar-refractivity contribution in [3.63, 3.8) is 0 Å². The number of furan rings is 1. The van der Waals surface area contributed by atoms with Crippen LogP contribution in [-0.4, -0.2) is 0 Å². The van der Waals surface area contributed by atoms with Crippen LogP contribution in [0.2, 0.25) is 0 Å². The van der Waals surface area contributed by atoms with Crippen LogP contribution >= 0.6 is 0 Å². The molecule has 0 saturated heterocycles. The minimum Gasteiger partial charge on any atom is -0.455 e. The Morgan fingerprint density at radius 3 is 1.75 bits per heavy atom. The van der Waals surface area contributed by atoms with Crippen LogP contribution in [0.4, 0.5) is 17.1 Å². The molecule has 0 radical (unpaired) electrons. The second-order valence-electron chi connectivity index (χ2n) is 14.2. The summed E-state index contributed by atoms with van der Waals surface area (Å²) in [6, 6.07) is 62.6. The standard InChI is InChI=1S/C54H35NO/c1-2-14-41-35-42(24-23-36(41)11-1)37-25-30-43(31-26-37)55(44-32-27-40(28-33-44)46-19-9-15-38-12-3-5-16-45(38)46)52-22-8-7-18-48(52)49-20-10-21-50-51-34-29-39-13-4-6-17-47(39)53(51)56-54(49)50/h1-35H/i27D,28D,32D,33D. The summed E-state index contributed by atoms with van der Waals surface area (Å²) < 4.78 is 45.3. The molecule has 1 aromatic heterocycles. The molecule has 0 atom stereocenters. The number of rotatable bonds is 6. The average Bonchev–Trinajstić information content (AvgIpc) is 3.70. The summed E-state index contributed by atoms with van der Waals surface area (Å²) >= 11 is 0. The van der Waals surface area contributed by atoms with E-state index in [9.17, 15) is 5.48 Å². The number of nitrogens with zero attached hydrogens (tertiary/aromatic N) is 1. The number of para-hydroxylation sites is 2. The molecule has 0 N–H and O–H groups in total. The Labute approximate surface area is 330 Å². The fourth-order valence-corrected chi connectivity index (χ4v) is 8.19. The summed E-state index contributed by atoms with van der Waals surface area (Å²) in [5.74, 6) is 0. The van der Waals surface area contributed by atoms with Gasteiger partial charge in [-0.3, -0.25) is 0 Å². The highest BCUT2D eigenvalue weighted by atomic mass is 16.3. The lowest BCUT2D eigenvalue weighted by atomic mass is 9.97. The van der Waals surface area contributed by atoms with Crippen molar-refractivity contribution in [1.82, 2.24) is 0 Å². The highest BCUT2D eigenvalue weighted by molar-refractivity contribution is 6.17. The summed E-state index contributed by atoms with van der Waals surface area (Å²) in [6.45, 7) is 0. The Kier molecular flexibility index (Phi) is 6.60. The van der Waals surface area contributed by atoms with Crippen LogP contribution in [0, 0.1) is 0 Å². The van der Waals surface area contributed by atoms with E-state index in [0.29, 0.717) is 16.9 Å². The average molecular weight is 718 g/mol. The van der Waals surface area contributed by atoms with Gasteiger partial charge in [0.1, 0.15) is 11.2 Å². The van der Waals surface area contributed by atoms with E-state index in [1.54, 1.807) is 0 Å². The van der Waals surface area contributed by atoms with Gasteiger partial charge in [-0.1, -0.05) is 170 Å². The van der Waals surface area contributed by atoms with Crippen molar-refractivity contribution in [3.8, 4) is 33.4 Å². The second-order valence-corrected chi connectivity index (χ2v) is 14.2. The van der Waals surface area contributed by atoms with Gasteiger partial charge >= 0.3 is 0 Å². The summed E-state index contributed by atoms with van der Waals surface area (Å²) in [5, 5.41) is 8.29. The van der Waals surface area contributed by atoms with Crippen LogP contribution in [0.5, 0.6) is 0 Å². The molecule has 0 aliphatic carbocycles. The molecule has 1 heterocycles. The third-order valence-electron chi connectivity index (χ3n) is 10.9. The maximum Gasteiger partial charge on any atom is 0.143 e.